The summed E-state index contributed by atoms with van der Waals surface area (Å²) in [6, 6.07) is 11.3. The normalized spacial score (nSPS) is 16.1. The first kappa shape index (κ1) is 22.3. The molecule has 3 rings (SSSR count). The maximum atomic E-state index is 12.7. The Bertz CT molecular complexity index is 985. The maximum absolute atomic E-state index is 12.7. The van der Waals surface area contributed by atoms with Crippen LogP contribution in [0.4, 0.5) is 18.0 Å². The van der Waals surface area contributed by atoms with Crippen molar-refractivity contribution in [3.8, 4) is 0 Å². The van der Waals surface area contributed by atoms with Crippen molar-refractivity contribution < 1.29 is 22.8 Å². The lowest BCUT2D eigenvalue weighted by Crippen LogP contribution is -2.45. The van der Waals surface area contributed by atoms with Gasteiger partial charge in [-0.2, -0.15) is 18.3 Å². The average Bonchev–Trinajstić information content (AvgIpc) is 3.17. The van der Waals surface area contributed by atoms with E-state index in [2.05, 4.69) is 10.4 Å². The Hall–Kier alpha value is -3.36. The Kier molecular flexibility index (Phi) is 6.33. The fourth-order valence-corrected chi connectivity index (χ4v) is 3.20. The van der Waals surface area contributed by atoms with Crippen molar-refractivity contribution in [3.05, 3.63) is 70.8 Å². The number of urea groups is 1. The van der Waals surface area contributed by atoms with Gasteiger partial charge in [0.1, 0.15) is 0 Å². The van der Waals surface area contributed by atoms with Crippen molar-refractivity contribution in [2.75, 3.05) is 13.6 Å². The highest BCUT2D eigenvalue weighted by Crippen LogP contribution is 2.29. The first-order valence-electron chi connectivity index (χ1n) is 9.66. The van der Waals surface area contributed by atoms with E-state index in [4.69, 9.17) is 0 Å². The van der Waals surface area contributed by atoms with Gasteiger partial charge < -0.3 is 10.2 Å². The van der Waals surface area contributed by atoms with Crippen molar-refractivity contribution in [2.24, 2.45) is 5.10 Å². The third kappa shape index (κ3) is 5.22. The fourth-order valence-electron chi connectivity index (χ4n) is 3.20. The molecule has 0 fully saturated rings. The lowest BCUT2D eigenvalue weighted by molar-refractivity contribution is -0.137. The molecular formula is C22H23F3N4O2. The van der Waals surface area contributed by atoms with Gasteiger partial charge in [0, 0.05) is 20.5 Å². The van der Waals surface area contributed by atoms with Crippen LogP contribution in [-0.2, 0) is 17.5 Å². The zero-order valence-corrected chi connectivity index (χ0v) is 17.4. The molecule has 1 unspecified atom stereocenters. The summed E-state index contributed by atoms with van der Waals surface area (Å²) in [5.74, 6) is -0.156. The highest BCUT2D eigenvalue weighted by molar-refractivity contribution is 6.07. The number of amides is 3. The SMILES string of the molecule is CC(=O)N(C)C1CN(C(=O)NCc2ccc(C(F)(F)F)cc2)N=C1c1ccc(C)cc1. The molecule has 31 heavy (non-hydrogen) atoms. The molecule has 2 aromatic rings. The van der Waals surface area contributed by atoms with Crippen LogP contribution in [0.1, 0.15) is 29.2 Å². The number of hydrogen-bond donors (Lipinski definition) is 1. The molecule has 0 saturated carbocycles. The van der Waals surface area contributed by atoms with Crippen LogP contribution in [0.5, 0.6) is 0 Å². The summed E-state index contributed by atoms with van der Waals surface area (Å²) in [7, 11) is 1.65. The number of likely N-dealkylation sites (N-methyl/N-ethyl adjacent to an activating group) is 1. The molecule has 6 nitrogen and oxygen atoms in total. The van der Waals surface area contributed by atoms with Gasteiger partial charge >= 0.3 is 12.2 Å². The third-order valence-electron chi connectivity index (χ3n) is 5.16. The number of halogens is 3. The van der Waals surface area contributed by atoms with E-state index in [9.17, 15) is 22.8 Å². The van der Waals surface area contributed by atoms with Gasteiger partial charge in [-0.25, -0.2) is 9.80 Å². The number of benzene rings is 2. The summed E-state index contributed by atoms with van der Waals surface area (Å²) in [5.41, 5.74) is 2.26. The van der Waals surface area contributed by atoms with E-state index in [0.29, 0.717) is 11.3 Å². The second kappa shape index (κ2) is 8.79. The van der Waals surface area contributed by atoms with E-state index in [1.807, 2.05) is 31.2 Å². The second-order valence-electron chi connectivity index (χ2n) is 7.43. The highest BCUT2D eigenvalue weighted by atomic mass is 19.4. The second-order valence-corrected chi connectivity index (χ2v) is 7.43. The maximum Gasteiger partial charge on any atom is 0.416 e. The average molecular weight is 432 g/mol. The summed E-state index contributed by atoms with van der Waals surface area (Å²) in [4.78, 5) is 26.1. The van der Waals surface area contributed by atoms with Crippen LogP contribution in [-0.4, -0.2) is 47.2 Å². The highest BCUT2D eigenvalue weighted by Gasteiger charge is 2.35. The predicted molar refractivity (Wildman–Crippen MR) is 110 cm³/mol. The summed E-state index contributed by atoms with van der Waals surface area (Å²) in [5, 5.41) is 8.33. The number of nitrogens with zero attached hydrogens (tertiary/aromatic N) is 3. The lowest BCUT2D eigenvalue weighted by atomic mass is 10.0. The Morgan fingerprint density at radius 2 is 1.74 bits per heavy atom. The van der Waals surface area contributed by atoms with Crippen LogP contribution >= 0.6 is 0 Å². The summed E-state index contributed by atoms with van der Waals surface area (Å²) >= 11 is 0. The number of carbonyl (C=O) groups excluding carboxylic acids is 2. The minimum absolute atomic E-state index is 0.0517. The predicted octanol–water partition coefficient (Wildman–Crippen LogP) is 3.79. The van der Waals surface area contributed by atoms with Crippen LogP contribution < -0.4 is 5.32 Å². The van der Waals surface area contributed by atoms with Crippen molar-refractivity contribution in [2.45, 2.75) is 32.6 Å². The first-order chi connectivity index (χ1) is 14.6. The molecule has 2 aromatic carbocycles. The standard InChI is InChI=1S/C22H23F3N4O2/c1-14-4-8-17(9-5-14)20-19(28(3)15(2)30)13-29(27-20)21(31)26-12-16-6-10-18(11-7-16)22(23,24)25/h4-11,19H,12-13H2,1-3H3,(H,26,31). The largest absolute Gasteiger partial charge is 0.416 e. The van der Waals surface area contributed by atoms with Gasteiger partial charge in [0.2, 0.25) is 5.91 Å². The van der Waals surface area contributed by atoms with Gasteiger partial charge in [0.25, 0.3) is 0 Å². The van der Waals surface area contributed by atoms with Crippen LogP contribution in [0.15, 0.2) is 53.6 Å². The molecule has 1 aliphatic heterocycles. The number of carbonyl (C=O) groups is 2. The molecule has 0 radical (unpaired) electrons. The van der Waals surface area contributed by atoms with Gasteiger partial charge in [-0.3, -0.25) is 4.79 Å². The van der Waals surface area contributed by atoms with E-state index in [1.54, 1.807) is 7.05 Å². The van der Waals surface area contributed by atoms with Gasteiger partial charge in [-0.15, -0.1) is 0 Å². The number of alkyl halides is 3. The molecule has 164 valence electrons. The van der Waals surface area contributed by atoms with Crippen molar-refractivity contribution in [3.63, 3.8) is 0 Å². The zero-order chi connectivity index (χ0) is 22.8. The fraction of sp³-hybridized carbons (Fsp3) is 0.318. The van der Waals surface area contributed by atoms with Gasteiger partial charge in [-0.1, -0.05) is 42.0 Å². The Morgan fingerprint density at radius 1 is 1.13 bits per heavy atom. The van der Waals surface area contributed by atoms with E-state index in [-0.39, 0.29) is 19.0 Å². The van der Waals surface area contributed by atoms with Crippen molar-refractivity contribution in [1.82, 2.24) is 15.2 Å². The van der Waals surface area contributed by atoms with Crippen molar-refractivity contribution >= 4 is 17.6 Å². The molecule has 0 saturated heterocycles. The summed E-state index contributed by atoms with van der Waals surface area (Å²) in [6.45, 7) is 3.63. The molecular weight excluding hydrogens is 409 g/mol. The minimum Gasteiger partial charge on any atom is -0.335 e. The molecule has 0 spiro atoms. The summed E-state index contributed by atoms with van der Waals surface area (Å²) in [6.07, 6.45) is -4.41. The number of hydrazone groups is 1. The molecule has 0 aliphatic carbocycles. The molecule has 1 N–H and O–H groups in total. The Morgan fingerprint density at radius 3 is 2.29 bits per heavy atom. The molecule has 9 heteroatoms. The quantitative estimate of drug-likeness (QED) is 0.799. The van der Waals surface area contributed by atoms with Gasteiger partial charge in [-0.05, 0) is 30.2 Å². The minimum atomic E-state index is -4.41. The number of nitrogens with one attached hydrogen (secondary N) is 1. The van der Waals surface area contributed by atoms with E-state index >= 15 is 0 Å². The molecule has 1 atom stereocenters. The number of rotatable bonds is 4. The topological polar surface area (TPSA) is 65.0 Å². The zero-order valence-electron chi connectivity index (χ0n) is 17.4. The molecule has 1 heterocycles. The van der Waals surface area contributed by atoms with Gasteiger partial charge in [0.15, 0.2) is 0 Å². The van der Waals surface area contributed by atoms with Crippen LogP contribution in [0.3, 0.4) is 0 Å². The number of aryl methyl sites for hydroxylation is 1. The molecule has 0 aromatic heterocycles. The van der Waals surface area contributed by atoms with E-state index in [0.717, 1.165) is 23.3 Å². The van der Waals surface area contributed by atoms with E-state index < -0.39 is 23.8 Å². The van der Waals surface area contributed by atoms with Crippen LogP contribution in [0.2, 0.25) is 0 Å². The smallest absolute Gasteiger partial charge is 0.335 e. The van der Waals surface area contributed by atoms with Crippen LogP contribution in [0.25, 0.3) is 0 Å². The third-order valence-corrected chi connectivity index (χ3v) is 5.16. The Labute approximate surface area is 178 Å². The van der Waals surface area contributed by atoms with Gasteiger partial charge in [0.05, 0.1) is 23.9 Å². The molecule has 0 bridgehead atoms. The van der Waals surface area contributed by atoms with Crippen molar-refractivity contribution in [1.29, 1.82) is 0 Å². The Balaban J connectivity index is 1.73. The lowest BCUT2D eigenvalue weighted by Gasteiger charge is -2.24. The molecule has 1 aliphatic rings. The van der Waals surface area contributed by atoms with E-state index in [1.165, 1.54) is 29.0 Å². The molecule has 3 amide bonds. The monoisotopic (exact) mass is 432 g/mol. The summed E-state index contributed by atoms with van der Waals surface area (Å²) < 4.78 is 38.0. The number of hydrogen-bond acceptors (Lipinski definition) is 3. The van der Waals surface area contributed by atoms with Crippen LogP contribution in [0, 0.1) is 6.92 Å². The first-order valence-corrected chi connectivity index (χ1v) is 9.66.